The second kappa shape index (κ2) is 4.00. The molecule has 2 unspecified atom stereocenters. The Morgan fingerprint density at radius 3 is 3.12 bits per heavy atom. The third-order valence-corrected chi connectivity index (χ3v) is 3.53. The van der Waals surface area contributed by atoms with E-state index in [0.717, 1.165) is 30.4 Å². The number of fused-ring (bicyclic) bond motifs is 1. The Labute approximate surface area is 99.6 Å². The number of imidazole rings is 1. The largest absolute Gasteiger partial charge is 0.381 e. The molecule has 2 atom stereocenters. The van der Waals surface area contributed by atoms with Crippen LogP contribution in [-0.2, 0) is 4.74 Å². The van der Waals surface area contributed by atoms with Crippen LogP contribution in [0, 0.1) is 0 Å². The highest BCUT2D eigenvalue weighted by molar-refractivity contribution is 5.74. The van der Waals surface area contributed by atoms with Gasteiger partial charge in [-0.1, -0.05) is 0 Å². The van der Waals surface area contributed by atoms with Crippen molar-refractivity contribution in [1.82, 2.24) is 14.5 Å². The number of pyridine rings is 1. The van der Waals surface area contributed by atoms with Gasteiger partial charge in [-0.3, -0.25) is 4.57 Å². The SMILES string of the molecule is COC1CCC(n2c(N)nc3cccnc32)C1. The van der Waals surface area contributed by atoms with Gasteiger partial charge in [0.1, 0.15) is 5.52 Å². The number of nitrogen functional groups attached to an aromatic ring is 1. The Morgan fingerprint density at radius 1 is 1.47 bits per heavy atom. The average molecular weight is 232 g/mol. The van der Waals surface area contributed by atoms with Crippen molar-refractivity contribution in [3.63, 3.8) is 0 Å². The number of methoxy groups -OCH3 is 1. The fourth-order valence-electron chi connectivity index (χ4n) is 2.67. The maximum atomic E-state index is 5.99. The van der Waals surface area contributed by atoms with Crippen LogP contribution in [0.15, 0.2) is 18.3 Å². The van der Waals surface area contributed by atoms with Gasteiger partial charge < -0.3 is 10.5 Å². The van der Waals surface area contributed by atoms with Crippen LogP contribution < -0.4 is 5.73 Å². The molecule has 0 amide bonds. The molecule has 1 fully saturated rings. The van der Waals surface area contributed by atoms with Crippen LogP contribution in [0.2, 0.25) is 0 Å². The summed E-state index contributed by atoms with van der Waals surface area (Å²) >= 11 is 0. The molecule has 0 aromatic carbocycles. The maximum absolute atomic E-state index is 5.99. The summed E-state index contributed by atoms with van der Waals surface area (Å²) in [4.78, 5) is 8.72. The van der Waals surface area contributed by atoms with E-state index in [1.165, 1.54) is 0 Å². The number of nitrogens with zero attached hydrogens (tertiary/aromatic N) is 3. The second-order valence-electron chi connectivity index (χ2n) is 4.51. The van der Waals surface area contributed by atoms with Crippen molar-refractivity contribution < 1.29 is 4.74 Å². The fourth-order valence-corrected chi connectivity index (χ4v) is 2.67. The first kappa shape index (κ1) is 10.5. The van der Waals surface area contributed by atoms with Gasteiger partial charge in [0.2, 0.25) is 5.95 Å². The summed E-state index contributed by atoms with van der Waals surface area (Å²) in [6.45, 7) is 0. The third-order valence-electron chi connectivity index (χ3n) is 3.53. The lowest BCUT2D eigenvalue weighted by molar-refractivity contribution is 0.106. The van der Waals surface area contributed by atoms with Crippen molar-refractivity contribution in [1.29, 1.82) is 0 Å². The molecule has 1 aliphatic carbocycles. The minimum atomic E-state index is 0.334. The van der Waals surface area contributed by atoms with Gasteiger partial charge in [-0.25, -0.2) is 9.97 Å². The zero-order chi connectivity index (χ0) is 11.8. The molecular formula is C12H16N4O. The lowest BCUT2D eigenvalue weighted by atomic mass is 10.2. The topological polar surface area (TPSA) is 66.0 Å². The molecule has 2 heterocycles. The molecular weight excluding hydrogens is 216 g/mol. The monoisotopic (exact) mass is 232 g/mol. The zero-order valence-electron chi connectivity index (χ0n) is 9.84. The highest BCUT2D eigenvalue weighted by Gasteiger charge is 2.28. The first-order valence-corrected chi connectivity index (χ1v) is 5.91. The molecule has 3 rings (SSSR count). The number of anilines is 1. The molecule has 2 aromatic heterocycles. The molecule has 0 saturated heterocycles. The molecule has 0 bridgehead atoms. The van der Waals surface area contributed by atoms with E-state index in [9.17, 15) is 0 Å². The van der Waals surface area contributed by atoms with Gasteiger partial charge in [0.15, 0.2) is 5.65 Å². The van der Waals surface area contributed by atoms with E-state index in [4.69, 9.17) is 10.5 Å². The molecule has 5 heteroatoms. The molecule has 17 heavy (non-hydrogen) atoms. The fraction of sp³-hybridized carbons (Fsp3) is 0.500. The standard InChI is InChI=1S/C12H16N4O/c1-17-9-5-4-8(7-9)16-11-10(15-12(16)13)3-2-6-14-11/h2-3,6,8-9H,4-5,7H2,1H3,(H2,13,15). The number of ether oxygens (including phenoxy) is 1. The highest BCUT2D eigenvalue weighted by Crippen LogP contribution is 2.35. The summed E-state index contributed by atoms with van der Waals surface area (Å²) in [7, 11) is 1.76. The average Bonchev–Trinajstić information content (AvgIpc) is 2.91. The van der Waals surface area contributed by atoms with Crippen molar-refractivity contribution in [3.8, 4) is 0 Å². The zero-order valence-corrected chi connectivity index (χ0v) is 9.84. The summed E-state index contributed by atoms with van der Waals surface area (Å²) < 4.78 is 7.45. The molecule has 2 aromatic rings. The summed E-state index contributed by atoms with van der Waals surface area (Å²) in [5.74, 6) is 0.556. The summed E-state index contributed by atoms with van der Waals surface area (Å²) in [5, 5.41) is 0. The number of rotatable bonds is 2. The second-order valence-corrected chi connectivity index (χ2v) is 4.51. The Hall–Kier alpha value is -1.62. The van der Waals surface area contributed by atoms with Crippen LogP contribution in [0.1, 0.15) is 25.3 Å². The predicted octanol–water partition coefficient (Wildman–Crippen LogP) is 1.75. The van der Waals surface area contributed by atoms with E-state index in [0.29, 0.717) is 18.1 Å². The Kier molecular flexibility index (Phi) is 2.48. The lowest BCUT2D eigenvalue weighted by Crippen LogP contribution is -2.11. The van der Waals surface area contributed by atoms with Gasteiger partial charge in [-0.05, 0) is 31.4 Å². The number of hydrogen-bond acceptors (Lipinski definition) is 4. The quantitative estimate of drug-likeness (QED) is 0.856. The van der Waals surface area contributed by atoms with Crippen molar-refractivity contribution in [2.75, 3.05) is 12.8 Å². The van der Waals surface area contributed by atoms with Gasteiger partial charge in [0, 0.05) is 19.3 Å². The number of hydrogen-bond donors (Lipinski definition) is 1. The highest BCUT2D eigenvalue weighted by atomic mass is 16.5. The molecule has 5 nitrogen and oxygen atoms in total. The smallest absolute Gasteiger partial charge is 0.202 e. The van der Waals surface area contributed by atoms with Gasteiger partial charge in [0.05, 0.1) is 6.10 Å². The van der Waals surface area contributed by atoms with E-state index < -0.39 is 0 Å². The van der Waals surface area contributed by atoms with Crippen molar-refractivity contribution >= 4 is 17.1 Å². The van der Waals surface area contributed by atoms with Crippen molar-refractivity contribution in [2.24, 2.45) is 0 Å². The lowest BCUT2D eigenvalue weighted by Gasteiger charge is -2.14. The molecule has 1 saturated carbocycles. The van der Waals surface area contributed by atoms with E-state index >= 15 is 0 Å². The minimum absolute atomic E-state index is 0.334. The van der Waals surface area contributed by atoms with E-state index in [2.05, 4.69) is 9.97 Å². The van der Waals surface area contributed by atoms with Crippen molar-refractivity contribution in [2.45, 2.75) is 31.4 Å². The van der Waals surface area contributed by atoms with E-state index in [1.54, 1.807) is 13.3 Å². The van der Waals surface area contributed by atoms with Crippen LogP contribution >= 0.6 is 0 Å². The Balaban J connectivity index is 2.02. The van der Waals surface area contributed by atoms with Gasteiger partial charge in [0.25, 0.3) is 0 Å². The van der Waals surface area contributed by atoms with E-state index in [1.807, 2.05) is 16.7 Å². The third kappa shape index (κ3) is 1.67. The Morgan fingerprint density at radius 2 is 2.35 bits per heavy atom. The van der Waals surface area contributed by atoms with E-state index in [-0.39, 0.29) is 0 Å². The van der Waals surface area contributed by atoms with Crippen LogP contribution in [0.4, 0.5) is 5.95 Å². The van der Waals surface area contributed by atoms with Gasteiger partial charge >= 0.3 is 0 Å². The Bertz CT molecular complexity index is 536. The first-order valence-electron chi connectivity index (χ1n) is 5.91. The summed E-state index contributed by atoms with van der Waals surface area (Å²) in [5.41, 5.74) is 7.74. The summed E-state index contributed by atoms with van der Waals surface area (Å²) in [6.07, 6.45) is 5.25. The molecule has 1 aliphatic rings. The molecule has 0 radical (unpaired) electrons. The maximum Gasteiger partial charge on any atom is 0.202 e. The van der Waals surface area contributed by atoms with Gasteiger partial charge in [-0.15, -0.1) is 0 Å². The predicted molar refractivity (Wildman–Crippen MR) is 65.6 cm³/mol. The molecule has 90 valence electrons. The van der Waals surface area contributed by atoms with Crippen LogP contribution in [0.25, 0.3) is 11.2 Å². The normalized spacial score (nSPS) is 24.5. The molecule has 0 spiro atoms. The van der Waals surface area contributed by atoms with Crippen LogP contribution in [-0.4, -0.2) is 27.7 Å². The van der Waals surface area contributed by atoms with Crippen molar-refractivity contribution in [3.05, 3.63) is 18.3 Å². The van der Waals surface area contributed by atoms with Crippen LogP contribution in [0.3, 0.4) is 0 Å². The number of aromatic nitrogens is 3. The first-order chi connectivity index (χ1) is 8.29. The minimum Gasteiger partial charge on any atom is -0.381 e. The summed E-state index contributed by atoms with van der Waals surface area (Å²) in [6, 6.07) is 4.18. The van der Waals surface area contributed by atoms with Gasteiger partial charge in [-0.2, -0.15) is 0 Å². The number of nitrogens with two attached hydrogens (primary N) is 1. The molecule has 0 aliphatic heterocycles. The van der Waals surface area contributed by atoms with Crippen LogP contribution in [0.5, 0.6) is 0 Å². The molecule has 2 N–H and O–H groups in total.